The topological polar surface area (TPSA) is 52.6 Å². The second-order valence-corrected chi connectivity index (χ2v) is 9.12. The van der Waals surface area contributed by atoms with E-state index < -0.39 is 0 Å². The molecule has 2 aliphatic carbocycles. The van der Waals surface area contributed by atoms with Crippen LogP contribution in [0.5, 0.6) is 0 Å². The van der Waals surface area contributed by atoms with Gasteiger partial charge in [-0.2, -0.15) is 0 Å². The van der Waals surface area contributed by atoms with Gasteiger partial charge in [-0.05, 0) is 37.5 Å². The van der Waals surface area contributed by atoms with Crippen LogP contribution in [-0.2, 0) is 19.1 Å². The summed E-state index contributed by atoms with van der Waals surface area (Å²) in [5.74, 6) is 0.746. The van der Waals surface area contributed by atoms with E-state index in [2.05, 4.69) is 13.8 Å². The molecule has 0 aliphatic heterocycles. The van der Waals surface area contributed by atoms with E-state index in [4.69, 9.17) is 9.47 Å². The van der Waals surface area contributed by atoms with Crippen LogP contribution in [0.2, 0.25) is 0 Å². The zero-order valence-corrected chi connectivity index (χ0v) is 16.5. The van der Waals surface area contributed by atoms with E-state index in [0.29, 0.717) is 25.0 Å². The third-order valence-corrected chi connectivity index (χ3v) is 6.04. The Kier molecular flexibility index (Phi) is 7.33. The van der Waals surface area contributed by atoms with Crippen LogP contribution in [0.4, 0.5) is 0 Å². The van der Waals surface area contributed by atoms with Crippen LogP contribution in [0.25, 0.3) is 0 Å². The van der Waals surface area contributed by atoms with Crippen molar-refractivity contribution in [2.45, 2.75) is 79.1 Å². The van der Waals surface area contributed by atoms with Crippen LogP contribution in [0, 0.1) is 29.1 Å². The molecule has 4 unspecified atom stereocenters. The van der Waals surface area contributed by atoms with Crippen molar-refractivity contribution in [3.8, 4) is 0 Å². The maximum atomic E-state index is 12.4. The highest BCUT2D eigenvalue weighted by atomic mass is 16.5. The first-order chi connectivity index (χ1) is 11.8. The molecular formula is C21H36O4. The van der Waals surface area contributed by atoms with E-state index in [-0.39, 0.29) is 29.2 Å². The normalized spacial score (nSPS) is 30.6. The van der Waals surface area contributed by atoms with Crippen molar-refractivity contribution < 1.29 is 19.1 Å². The van der Waals surface area contributed by atoms with E-state index in [1.54, 1.807) is 0 Å². The highest BCUT2D eigenvalue weighted by Crippen LogP contribution is 2.32. The molecule has 0 heterocycles. The monoisotopic (exact) mass is 352 g/mol. The lowest BCUT2D eigenvalue weighted by Crippen LogP contribution is -2.34. The number of carbonyl (C=O) groups is 2. The predicted molar refractivity (Wildman–Crippen MR) is 97.9 cm³/mol. The number of esters is 2. The lowest BCUT2D eigenvalue weighted by atomic mass is 9.80. The van der Waals surface area contributed by atoms with Gasteiger partial charge >= 0.3 is 11.9 Å². The van der Waals surface area contributed by atoms with Crippen LogP contribution >= 0.6 is 0 Å². The Morgan fingerprint density at radius 2 is 1.12 bits per heavy atom. The van der Waals surface area contributed by atoms with E-state index in [1.807, 2.05) is 13.8 Å². The van der Waals surface area contributed by atoms with Crippen LogP contribution in [0.15, 0.2) is 0 Å². The van der Waals surface area contributed by atoms with E-state index in [9.17, 15) is 9.59 Å². The molecule has 0 bridgehead atoms. The Balaban J connectivity index is 1.75. The largest absolute Gasteiger partial charge is 0.465 e. The molecule has 0 amide bonds. The van der Waals surface area contributed by atoms with Crippen molar-refractivity contribution in [1.29, 1.82) is 0 Å². The molecule has 0 saturated heterocycles. The van der Waals surface area contributed by atoms with Crippen molar-refractivity contribution in [1.82, 2.24) is 0 Å². The molecule has 4 nitrogen and oxygen atoms in total. The SMILES string of the molecule is CC1CCCCC1C(=O)OCC(C)(C)COC(=O)C1CCCCC1C. The molecule has 144 valence electrons. The van der Waals surface area contributed by atoms with Gasteiger partial charge in [0.1, 0.15) is 0 Å². The second-order valence-electron chi connectivity index (χ2n) is 9.12. The first kappa shape index (κ1) is 20.3. The molecule has 0 aromatic carbocycles. The molecule has 2 aliphatic rings. The van der Waals surface area contributed by atoms with Gasteiger partial charge < -0.3 is 9.47 Å². The van der Waals surface area contributed by atoms with E-state index >= 15 is 0 Å². The Hall–Kier alpha value is -1.06. The van der Waals surface area contributed by atoms with Crippen LogP contribution in [0.1, 0.15) is 79.1 Å². The Morgan fingerprint density at radius 3 is 1.48 bits per heavy atom. The summed E-state index contributed by atoms with van der Waals surface area (Å²) in [6.07, 6.45) is 8.76. The maximum absolute atomic E-state index is 12.4. The van der Waals surface area contributed by atoms with Gasteiger partial charge in [0.25, 0.3) is 0 Å². The van der Waals surface area contributed by atoms with Gasteiger partial charge in [-0.25, -0.2) is 0 Å². The average molecular weight is 353 g/mol. The molecule has 4 heteroatoms. The number of hydrogen-bond acceptors (Lipinski definition) is 4. The number of ether oxygens (including phenoxy) is 2. The minimum Gasteiger partial charge on any atom is -0.465 e. The molecule has 4 atom stereocenters. The summed E-state index contributed by atoms with van der Waals surface area (Å²) in [5, 5.41) is 0. The molecule has 0 aromatic heterocycles. The molecule has 0 radical (unpaired) electrons. The van der Waals surface area contributed by atoms with Gasteiger partial charge in [-0.3, -0.25) is 9.59 Å². The summed E-state index contributed by atoms with van der Waals surface area (Å²) in [6, 6.07) is 0. The fraction of sp³-hybridized carbons (Fsp3) is 0.905. The Bertz CT molecular complexity index is 417. The summed E-state index contributed by atoms with van der Waals surface area (Å²) >= 11 is 0. The fourth-order valence-electron chi connectivity index (χ4n) is 4.12. The van der Waals surface area contributed by atoms with E-state index in [0.717, 1.165) is 38.5 Å². The Labute approximate surface area is 153 Å². The van der Waals surface area contributed by atoms with Crippen LogP contribution in [-0.4, -0.2) is 25.2 Å². The van der Waals surface area contributed by atoms with Crippen molar-refractivity contribution in [2.24, 2.45) is 29.1 Å². The number of carbonyl (C=O) groups excluding carboxylic acids is 2. The molecule has 2 fully saturated rings. The highest BCUT2D eigenvalue weighted by Gasteiger charge is 2.33. The lowest BCUT2D eigenvalue weighted by Gasteiger charge is -2.31. The summed E-state index contributed by atoms with van der Waals surface area (Å²) in [4.78, 5) is 24.7. The molecule has 2 rings (SSSR count). The third kappa shape index (κ3) is 6.00. The van der Waals surface area contributed by atoms with Crippen LogP contribution in [0.3, 0.4) is 0 Å². The lowest BCUT2D eigenvalue weighted by molar-refractivity contribution is -0.160. The predicted octanol–water partition coefficient (Wildman–Crippen LogP) is 4.75. The van der Waals surface area contributed by atoms with Gasteiger partial charge in [0.05, 0.1) is 25.0 Å². The van der Waals surface area contributed by atoms with Gasteiger partial charge in [0.2, 0.25) is 0 Å². The summed E-state index contributed by atoms with van der Waals surface area (Å²) in [6.45, 7) is 8.88. The van der Waals surface area contributed by atoms with Gasteiger partial charge in [0.15, 0.2) is 0 Å². The third-order valence-electron chi connectivity index (χ3n) is 6.04. The Morgan fingerprint density at radius 1 is 0.760 bits per heavy atom. The molecule has 0 spiro atoms. The molecule has 0 N–H and O–H groups in total. The number of rotatable bonds is 6. The average Bonchev–Trinajstić information content (AvgIpc) is 2.59. The van der Waals surface area contributed by atoms with Crippen LogP contribution < -0.4 is 0 Å². The summed E-state index contributed by atoms with van der Waals surface area (Å²) < 4.78 is 11.2. The minimum absolute atomic E-state index is 0.0372. The fourth-order valence-corrected chi connectivity index (χ4v) is 4.12. The van der Waals surface area contributed by atoms with Crippen molar-refractivity contribution in [3.63, 3.8) is 0 Å². The molecule has 2 saturated carbocycles. The highest BCUT2D eigenvalue weighted by molar-refractivity contribution is 5.73. The second kappa shape index (κ2) is 9.05. The van der Waals surface area contributed by atoms with Gasteiger partial charge in [0, 0.05) is 5.41 Å². The standard InChI is InChI=1S/C21H36O4/c1-15-9-5-7-11-17(15)19(22)24-13-21(3,4)14-25-20(23)18-12-8-6-10-16(18)2/h15-18H,5-14H2,1-4H3. The van der Waals surface area contributed by atoms with Gasteiger partial charge in [-0.15, -0.1) is 0 Å². The minimum atomic E-state index is -0.346. The zero-order chi connectivity index (χ0) is 18.4. The van der Waals surface area contributed by atoms with E-state index in [1.165, 1.54) is 12.8 Å². The first-order valence-corrected chi connectivity index (χ1v) is 10.1. The summed E-state index contributed by atoms with van der Waals surface area (Å²) in [5.41, 5.74) is -0.346. The van der Waals surface area contributed by atoms with Gasteiger partial charge in [-0.1, -0.05) is 53.4 Å². The first-order valence-electron chi connectivity index (χ1n) is 10.1. The van der Waals surface area contributed by atoms with Crippen molar-refractivity contribution >= 4 is 11.9 Å². The molecule has 25 heavy (non-hydrogen) atoms. The number of hydrogen-bond donors (Lipinski definition) is 0. The summed E-state index contributed by atoms with van der Waals surface area (Å²) in [7, 11) is 0. The van der Waals surface area contributed by atoms with Crippen molar-refractivity contribution in [2.75, 3.05) is 13.2 Å². The quantitative estimate of drug-likeness (QED) is 0.647. The van der Waals surface area contributed by atoms with Crippen molar-refractivity contribution in [3.05, 3.63) is 0 Å². The maximum Gasteiger partial charge on any atom is 0.309 e. The molecular weight excluding hydrogens is 316 g/mol. The smallest absolute Gasteiger partial charge is 0.309 e. The zero-order valence-electron chi connectivity index (χ0n) is 16.5. The molecule has 0 aromatic rings.